The topological polar surface area (TPSA) is 66.4 Å². The first-order valence-corrected chi connectivity index (χ1v) is 7.25. The van der Waals surface area contributed by atoms with Gasteiger partial charge in [0.15, 0.2) is 0 Å². The van der Waals surface area contributed by atoms with E-state index < -0.39 is 17.7 Å². The van der Waals surface area contributed by atoms with E-state index >= 15 is 0 Å². The van der Waals surface area contributed by atoms with Crippen LogP contribution >= 0.6 is 0 Å². The molecule has 0 spiro atoms. The van der Waals surface area contributed by atoms with E-state index in [9.17, 15) is 19.1 Å². The van der Waals surface area contributed by atoms with Crippen molar-refractivity contribution in [1.29, 1.82) is 0 Å². The number of benzene rings is 1. The number of hydrogen-bond donors (Lipinski definition) is 2. The van der Waals surface area contributed by atoms with Crippen molar-refractivity contribution < 1.29 is 19.1 Å². The molecule has 114 valence electrons. The minimum absolute atomic E-state index is 0.0293. The summed E-state index contributed by atoms with van der Waals surface area (Å²) in [6.45, 7) is 2.01. The quantitative estimate of drug-likeness (QED) is 0.847. The number of halogens is 1. The average molecular weight is 293 g/mol. The lowest BCUT2D eigenvalue weighted by Gasteiger charge is -2.39. The number of amides is 1. The third-order valence-corrected chi connectivity index (χ3v) is 4.51. The number of rotatable bonds is 6. The Kier molecular flexibility index (Phi) is 4.60. The van der Waals surface area contributed by atoms with E-state index in [0.717, 1.165) is 25.7 Å². The number of hydrogen-bond acceptors (Lipinski definition) is 2. The predicted octanol–water partition coefficient (Wildman–Crippen LogP) is 2.69. The molecule has 1 aliphatic rings. The molecule has 1 unspecified atom stereocenters. The van der Waals surface area contributed by atoms with Crippen molar-refractivity contribution in [2.24, 2.45) is 5.41 Å². The molecule has 4 nitrogen and oxygen atoms in total. The molecule has 1 aliphatic carbocycles. The molecule has 0 heterocycles. The predicted molar refractivity (Wildman–Crippen MR) is 76.4 cm³/mol. The van der Waals surface area contributed by atoms with Gasteiger partial charge >= 0.3 is 5.97 Å². The third-order valence-electron chi connectivity index (χ3n) is 4.51. The second-order valence-electron chi connectivity index (χ2n) is 5.64. The number of nitrogens with one attached hydrogen (secondary N) is 1. The zero-order valence-corrected chi connectivity index (χ0v) is 12.1. The van der Waals surface area contributed by atoms with Crippen LogP contribution < -0.4 is 5.32 Å². The largest absolute Gasteiger partial charge is 0.481 e. The fourth-order valence-electron chi connectivity index (χ4n) is 2.77. The minimum atomic E-state index is -1.03. The molecule has 5 heteroatoms. The highest BCUT2D eigenvalue weighted by molar-refractivity contribution is 5.84. The molecule has 0 bridgehead atoms. The molecular formula is C16H20FNO3. The van der Waals surface area contributed by atoms with Crippen molar-refractivity contribution >= 4 is 11.9 Å². The van der Waals surface area contributed by atoms with Crippen molar-refractivity contribution in [3.8, 4) is 0 Å². The zero-order valence-electron chi connectivity index (χ0n) is 12.1. The van der Waals surface area contributed by atoms with E-state index in [1.54, 1.807) is 0 Å². The Morgan fingerprint density at radius 2 is 1.95 bits per heavy atom. The highest BCUT2D eigenvalue weighted by Crippen LogP contribution is 2.43. The summed E-state index contributed by atoms with van der Waals surface area (Å²) in [4.78, 5) is 23.6. The molecule has 21 heavy (non-hydrogen) atoms. The van der Waals surface area contributed by atoms with Crippen molar-refractivity contribution in [3.63, 3.8) is 0 Å². The summed E-state index contributed by atoms with van der Waals surface area (Å²) in [5.74, 6) is -2.36. The molecule has 0 radical (unpaired) electrons. The van der Waals surface area contributed by atoms with Gasteiger partial charge in [-0.2, -0.15) is 0 Å². The van der Waals surface area contributed by atoms with E-state index in [2.05, 4.69) is 5.32 Å². The first kappa shape index (κ1) is 15.5. The Balaban J connectivity index is 2.02. The van der Waals surface area contributed by atoms with Crippen LogP contribution in [0.3, 0.4) is 0 Å². The van der Waals surface area contributed by atoms with Crippen LogP contribution in [0.25, 0.3) is 0 Å². The molecule has 0 saturated heterocycles. The van der Waals surface area contributed by atoms with Gasteiger partial charge in [-0.1, -0.05) is 25.5 Å². The van der Waals surface area contributed by atoms with Gasteiger partial charge in [0.25, 0.3) is 0 Å². The first-order chi connectivity index (χ1) is 9.98. The molecule has 1 fully saturated rings. The number of carboxylic acids is 1. The molecule has 1 atom stereocenters. The van der Waals surface area contributed by atoms with Gasteiger partial charge in [0, 0.05) is 12.0 Å². The monoisotopic (exact) mass is 293 g/mol. The van der Waals surface area contributed by atoms with Crippen molar-refractivity contribution in [1.82, 2.24) is 5.32 Å². The number of carbonyl (C=O) groups excluding carboxylic acids is 1. The molecule has 1 aromatic carbocycles. The molecule has 2 N–H and O–H groups in total. The van der Waals surface area contributed by atoms with Crippen LogP contribution in [-0.4, -0.2) is 23.5 Å². The number of aliphatic carboxylic acids is 1. The van der Waals surface area contributed by atoms with Crippen LogP contribution in [0.1, 0.15) is 44.1 Å². The Bertz CT molecular complexity index is 517. The number of carboxylic acid groups (broad SMARTS) is 1. The molecule has 1 aromatic rings. The maximum atomic E-state index is 12.9. The second-order valence-corrected chi connectivity index (χ2v) is 5.64. The molecule has 1 saturated carbocycles. The van der Waals surface area contributed by atoms with Gasteiger partial charge in [-0.3, -0.25) is 9.59 Å². The van der Waals surface area contributed by atoms with Gasteiger partial charge in [-0.05, 0) is 37.0 Å². The fourth-order valence-corrected chi connectivity index (χ4v) is 2.77. The van der Waals surface area contributed by atoms with Gasteiger partial charge in [0.2, 0.25) is 5.91 Å². The lowest BCUT2D eigenvalue weighted by atomic mass is 9.66. The van der Waals surface area contributed by atoms with Crippen molar-refractivity contribution in [3.05, 3.63) is 35.6 Å². The van der Waals surface area contributed by atoms with Crippen LogP contribution in [0.2, 0.25) is 0 Å². The van der Waals surface area contributed by atoms with Gasteiger partial charge in [-0.25, -0.2) is 4.39 Å². The summed E-state index contributed by atoms with van der Waals surface area (Å²) in [6.07, 6.45) is 3.54. The molecule has 1 amide bonds. The van der Waals surface area contributed by atoms with E-state index in [0.29, 0.717) is 5.56 Å². The smallest absolute Gasteiger partial charge is 0.312 e. The average Bonchev–Trinajstić information content (AvgIpc) is 2.40. The minimum Gasteiger partial charge on any atom is -0.481 e. The van der Waals surface area contributed by atoms with Crippen LogP contribution in [0.5, 0.6) is 0 Å². The molecular weight excluding hydrogens is 273 g/mol. The maximum absolute atomic E-state index is 12.9. The third kappa shape index (κ3) is 3.23. The Morgan fingerprint density at radius 1 is 1.33 bits per heavy atom. The summed E-state index contributed by atoms with van der Waals surface area (Å²) >= 11 is 0. The van der Waals surface area contributed by atoms with Gasteiger partial charge in [0.1, 0.15) is 5.82 Å². The van der Waals surface area contributed by atoms with E-state index in [1.807, 2.05) is 6.92 Å². The Hall–Kier alpha value is -1.91. The van der Waals surface area contributed by atoms with E-state index in [4.69, 9.17) is 0 Å². The summed E-state index contributed by atoms with van der Waals surface area (Å²) in [5, 5.41) is 12.1. The van der Waals surface area contributed by atoms with Gasteiger partial charge in [-0.15, -0.1) is 0 Å². The normalized spacial score (nSPS) is 17.6. The first-order valence-electron chi connectivity index (χ1n) is 7.25. The number of carbonyl (C=O) groups is 2. The van der Waals surface area contributed by atoms with Crippen LogP contribution in [0, 0.1) is 11.2 Å². The summed E-state index contributed by atoms with van der Waals surface area (Å²) < 4.78 is 12.9. The fraction of sp³-hybridized carbons (Fsp3) is 0.500. The van der Waals surface area contributed by atoms with Crippen molar-refractivity contribution in [2.45, 2.75) is 38.5 Å². The Labute approximate surface area is 123 Å². The van der Waals surface area contributed by atoms with Crippen LogP contribution in [-0.2, 0) is 9.59 Å². The molecule has 0 aromatic heterocycles. The molecule has 0 aliphatic heterocycles. The van der Waals surface area contributed by atoms with Crippen LogP contribution in [0.4, 0.5) is 4.39 Å². The lowest BCUT2D eigenvalue weighted by Crippen LogP contribution is -2.46. The summed E-state index contributed by atoms with van der Waals surface area (Å²) in [7, 11) is 0. The standard InChI is InChI=1S/C16H20FNO3/c1-2-16(8-3-9-16)15(21)18-10-13(14(19)20)11-4-6-12(17)7-5-11/h4-7,13H,2-3,8-10H2,1H3,(H,18,21)(H,19,20). The SMILES string of the molecule is CCC1(C(=O)NCC(C(=O)O)c2ccc(F)cc2)CCC1. The highest BCUT2D eigenvalue weighted by atomic mass is 19.1. The van der Waals surface area contributed by atoms with Gasteiger partial charge < -0.3 is 10.4 Å². The molecule has 2 rings (SSSR count). The maximum Gasteiger partial charge on any atom is 0.312 e. The lowest BCUT2D eigenvalue weighted by molar-refractivity contribution is -0.139. The summed E-state index contributed by atoms with van der Waals surface area (Å²) in [6, 6.07) is 5.34. The van der Waals surface area contributed by atoms with Crippen LogP contribution in [0.15, 0.2) is 24.3 Å². The second kappa shape index (κ2) is 6.24. The Morgan fingerprint density at radius 3 is 2.38 bits per heavy atom. The van der Waals surface area contributed by atoms with E-state index in [-0.39, 0.29) is 17.9 Å². The van der Waals surface area contributed by atoms with Gasteiger partial charge in [0.05, 0.1) is 5.92 Å². The van der Waals surface area contributed by atoms with Crippen molar-refractivity contribution in [2.75, 3.05) is 6.54 Å². The summed E-state index contributed by atoms with van der Waals surface area (Å²) in [5.41, 5.74) is 0.176. The van der Waals surface area contributed by atoms with E-state index in [1.165, 1.54) is 24.3 Å². The highest BCUT2D eigenvalue weighted by Gasteiger charge is 2.42. The zero-order chi connectivity index (χ0) is 15.5.